The summed E-state index contributed by atoms with van der Waals surface area (Å²) in [4.78, 5) is 4.53. The predicted octanol–water partition coefficient (Wildman–Crippen LogP) is 3.19. The van der Waals surface area contributed by atoms with E-state index in [1.54, 1.807) is 12.1 Å². The summed E-state index contributed by atoms with van der Waals surface area (Å²) >= 11 is 0. The third-order valence-electron chi connectivity index (χ3n) is 2.95. The van der Waals surface area contributed by atoms with Crippen LogP contribution in [0.4, 0.5) is 5.69 Å². The van der Waals surface area contributed by atoms with Crippen molar-refractivity contribution < 1.29 is 5.11 Å². The molecule has 0 spiro atoms. The molecule has 3 nitrogen and oxygen atoms in total. The first-order valence-corrected chi connectivity index (χ1v) is 5.69. The highest BCUT2D eigenvalue weighted by molar-refractivity contribution is 5.88. The van der Waals surface area contributed by atoms with Gasteiger partial charge in [0.2, 0.25) is 0 Å². The van der Waals surface area contributed by atoms with E-state index in [-0.39, 0.29) is 5.75 Å². The van der Waals surface area contributed by atoms with E-state index in [1.165, 1.54) is 0 Å². The number of nitrogen functional groups attached to an aromatic ring is 1. The summed E-state index contributed by atoms with van der Waals surface area (Å²) in [7, 11) is 0. The molecule has 0 radical (unpaired) electrons. The number of hydrogen-bond donors (Lipinski definition) is 2. The van der Waals surface area contributed by atoms with Crippen molar-refractivity contribution in [3.8, 4) is 17.0 Å². The van der Waals surface area contributed by atoms with Crippen molar-refractivity contribution in [1.29, 1.82) is 0 Å². The number of phenols is 1. The second kappa shape index (κ2) is 4.04. The van der Waals surface area contributed by atoms with Gasteiger partial charge in [0.05, 0.1) is 11.2 Å². The molecule has 88 valence electrons. The van der Waals surface area contributed by atoms with Gasteiger partial charge in [0.15, 0.2) is 0 Å². The van der Waals surface area contributed by atoms with Crippen molar-refractivity contribution in [2.24, 2.45) is 0 Å². The molecule has 0 fully saturated rings. The molecular formula is C15H12N2O. The summed E-state index contributed by atoms with van der Waals surface area (Å²) in [5, 5.41) is 10.5. The normalized spacial score (nSPS) is 10.7. The summed E-state index contributed by atoms with van der Waals surface area (Å²) in [6.07, 6.45) is 0. The molecule has 3 rings (SSSR count). The Kier molecular flexibility index (Phi) is 2.38. The molecule has 18 heavy (non-hydrogen) atoms. The molecule has 0 saturated heterocycles. The third-order valence-corrected chi connectivity index (χ3v) is 2.95. The summed E-state index contributed by atoms with van der Waals surface area (Å²) < 4.78 is 0. The molecule has 0 aliphatic heterocycles. The lowest BCUT2D eigenvalue weighted by Gasteiger charge is -2.06. The molecule has 0 unspecified atom stereocenters. The van der Waals surface area contributed by atoms with Crippen LogP contribution in [0.1, 0.15) is 0 Å². The van der Waals surface area contributed by atoms with E-state index < -0.39 is 0 Å². The van der Waals surface area contributed by atoms with Crippen molar-refractivity contribution in [2.75, 3.05) is 5.73 Å². The first-order chi connectivity index (χ1) is 8.75. The SMILES string of the molecule is Nc1ccccc1-c1ccc2c(O)cccc2n1. The minimum absolute atomic E-state index is 0.243. The van der Waals surface area contributed by atoms with Gasteiger partial charge >= 0.3 is 0 Å². The van der Waals surface area contributed by atoms with Crippen LogP contribution in [0.3, 0.4) is 0 Å². The van der Waals surface area contributed by atoms with Crippen LogP contribution in [0.5, 0.6) is 5.75 Å². The molecule has 0 saturated carbocycles. The number of nitrogens with two attached hydrogens (primary N) is 1. The summed E-state index contributed by atoms with van der Waals surface area (Å²) in [6.45, 7) is 0. The quantitative estimate of drug-likeness (QED) is 0.638. The van der Waals surface area contributed by atoms with Crippen LogP contribution >= 0.6 is 0 Å². The lowest BCUT2D eigenvalue weighted by Crippen LogP contribution is -1.91. The first-order valence-electron chi connectivity index (χ1n) is 5.69. The fourth-order valence-electron chi connectivity index (χ4n) is 2.02. The average molecular weight is 236 g/mol. The Morgan fingerprint density at radius 3 is 2.56 bits per heavy atom. The Morgan fingerprint density at radius 1 is 0.889 bits per heavy atom. The van der Waals surface area contributed by atoms with Gasteiger partial charge in [-0.15, -0.1) is 0 Å². The Bertz CT molecular complexity index is 723. The van der Waals surface area contributed by atoms with Gasteiger partial charge in [-0.05, 0) is 30.3 Å². The Balaban J connectivity index is 2.23. The van der Waals surface area contributed by atoms with E-state index >= 15 is 0 Å². The van der Waals surface area contributed by atoms with Crippen molar-refractivity contribution in [3.63, 3.8) is 0 Å². The Morgan fingerprint density at radius 2 is 1.72 bits per heavy atom. The number of anilines is 1. The minimum atomic E-state index is 0.243. The fourth-order valence-corrected chi connectivity index (χ4v) is 2.02. The van der Waals surface area contributed by atoms with Gasteiger partial charge in [-0.3, -0.25) is 0 Å². The van der Waals surface area contributed by atoms with E-state index in [9.17, 15) is 5.11 Å². The maximum atomic E-state index is 9.72. The molecule has 1 aromatic heterocycles. The van der Waals surface area contributed by atoms with E-state index in [4.69, 9.17) is 5.73 Å². The first kappa shape index (κ1) is 10.6. The highest BCUT2D eigenvalue weighted by Crippen LogP contribution is 2.28. The van der Waals surface area contributed by atoms with Crippen LogP contribution in [0.25, 0.3) is 22.2 Å². The number of fused-ring (bicyclic) bond motifs is 1. The summed E-state index contributed by atoms with van der Waals surface area (Å²) in [6, 6.07) is 16.6. The van der Waals surface area contributed by atoms with Crippen LogP contribution in [0, 0.1) is 0 Å². The maximum absolute atomic E-state index is 9.72. The Hall–Kier alpha value is -2.55. The maximum Gasteiger partial charge on any atom is 0.124 e. The monoisotopic (exact) mass is 236 g/mol. The molecular weight excluding hydrogens is 224 g/mol. The predicted molar refractivity (Wildman–Crippen MR) is 73.3 cm³/mol. The van der Waals surface area contributed by atoms with Crippen LogP contribution < -0.4 is 5.73 Å². The average Bonchev–Trinajstić information content (AvgIpc) is 2.39. The van der Waals surface area contributed by atoms with Crippen molar-refractivity contribution >= 4 is 16.6 Å². The van der Waals surface area contributed by atoms with Gasteiger partial charge in [-0.1, -0.05) is 24.3 Å². The highest BCUT2D eigenvalue weighted by atomic mass is 16.3. The van der Waals surface area contributed by atoms with Gasteiger partial charge < -0.3 is 10.8 Å². The lowest BCUT2D eigenvalue weighted by molar-refractivity contribution is 0.481. The molecule has 0 aliphatic carbocycles. The van der Waals surface area contributed by atoms with Gasteiger partial charge in [-0.2, -0.15) is 0 Å². The standard InChI is InChI=1S/C15H12N2O/c16-12-5-2-1-4-10(12)14-9-8-11-13(17-14)6-3-7-15(11)18/h1-9,18H,16H2. The molecule has 0 aliphatic rings. The van der Waals surface area contributed by atoms with Crippen LogP contribution in [0.15, 0.2) is 54.6 Å². The molecule has 3 N–H and O–H groups in total. The summed E-state index contributed by atoms with van der Waals surface area (Å²) in [5.74, 6) is 0.243. The number of hydrogen-bond acceptors (Lipinski definition) is 3. The lowest BCUT2D eigenvalue weighted by atomic mass is 10.1. The fraction of sp³-hybridized carbons (Fsp3) is 0. The Labute approximate surface area is 105 Å². The smallest absolute Gasteiger partial charge is 0.124 e. The van der Waals surface area contributed by atoms with Crippen molar-refractivity contribution in [3.05, 3.63) is 54.6 Å². The van der Waals surface area contributed by atoms with Gasteiger partial charge in [-0.25, -0.2) is 4.98 Å². The number of benzene rings is 2. The molecule has 3 aromatic rings. The van der Waals surface area contributed by atoms with Crippen LogP contribution in [-0.4, -0.2) is 10.1 Å². The molecule has 0 amide bonds. The number of rotatable bonds is 1. The second-order valence-electron chi connectivity index (χ2n) is 4.13. The van der Waals surface area contributed by atoms with Gasteiger partial charge in [0.1, 0.15) is 5.75 Å². The zero-order valence-corrected chi connectivity index (χ0v) is 9.67. The van der Waals surface area contributed by atoms with E-state index in [0.29, 0.717) is 5.69 Å². The van der Waals surface area contributed by atoms with E-state index in [0.717, 1.165) is 22.2 Å². The molecule has 1 heterocycles. The minimum Gasteiger partial charge on any atom is -0.507 e. The van der Waals surface area contributed by atoms with Crippen LogP contribution in [0.2, 0.25) is 0 Å². The number of phenolic OH excluding ortho intramolecular Hbond substituents is 1. The highest BCUT2D eigenvalue weighted by Gasteiger charge is 2.06. The molecule has 0 atom stereocenters. The zero-order chi connectivity index (χ0) is 12.5. The number of nitrogens with zero attached hydrogens (tertiary/aromatic N) is 1. The van der Waals surface area contributed by atoms with Gasteiger partial charge in [0, 0.05) is 16.6 Å². The second-order valence-corrected chi connectivity index (χ2v) is 4.13. The third kappa shape index (κ3) is 1.66. The zero-order valence-electron chi connectivity index (χ0n) is 9.67. The topological polar surface area (TPSA) is 59.1 Å². The van der Waals surface area contributed by atoms with Crippen molar-refractivity contribution in [2.45, 2.75) is 0 Å². The van der Waals surface area contributed by atoms with E-state index in [1.807, 2.05) is 42.5 Å². The van der Waals surface area contributed by atoms with Crippen molar-refractivity contribution in [1.82, 2.24) is 4.98 Å². The van der Waals surface area contributed by atoms with E-state index in [2.05, 4.69) is 4.98 Å². The number of pyridine rings is 1. The number of para-hydroxylation sites is 1. The molecule has 0 bridgehead atoms. The summed E-state index contributed by atoms with van der Waals surface area (Å²) in [5.41, 5.74) is 9.11. The molecule has 3 heteroatoms. The number of aromatic nitrogens is 1. The number of aromatic hydroxyl groups is 1. The van der Waals surface area contributed by atoms with Gasteiger partial charge in [0.25, 0.3) is 0 Å². The largest absolute Gasteiger partial charge is 0.507 e. The molecule has 2 aromatic carbocycles. The van der Waals surface area contributed by atoms with Crippen LogP contribution in [-0.2, 0) is 0 Å².